The maximum absolute atomic E-state index is 13.5. The Hall–Kier alpha value is -0.960. The average Bonchev–Trinajstić information content (AvgIpc) is 3.07. The van der Waals surface area contributed by atoms with Gasteiger partial charge in [0.2, 0.25) is 0 Å². The molecular formula is C15H21F2N. The highest BCUT2D eigenvalue weighted by molar-refractivity contribution is 5.20. The van der Waals surface area contributed by atoms with Gasteiger partial charge in [0.1, 0.15) is 11.6 Å². The fraction of sp³-hybridized carbons (Fsp3) is 0.600. The molecule has 1 fully saturated rings. The molecular weight excluding hydrogens is 232 g/mol. The molecule has 1 aliphatic rings. The Morgan fingerprint density at radius 1 is 1.17 bits per heavy atom. The largest absolute Gasteiger partial charge is 0.311 e. The SMILES string of the molecule is CC(Cc1c(F)cccc1F)NC(C)CC1CC1. The number of rotatable bonds is 6. The first-order valence-electron chi connectivity index (χ1n) is 6.75. The Labute approximate surface area is 108 Å². The summed E-state index contributed by atoms with van der Waals surface area (Å²) in [6.45, 7) is 4.13. The first-order chi connectivity index (χ1) is 8.56. The van der Waals surface area contributed by atoms with Gasteiger partial charge in [-0.3, -0.25) is 0 Å². The third kappa shape index (κ3) is 3.77. The smallest absolute Gasteiger partial charge is 0.129 e. The molecule has 0 bridgehead atoms. The first kappa shape index (κ1) is 13.5. The van der Waals surface area contributed by atoms with Crippen molar-refractivity contribution in [3.8, 4) is 0 Å². The van der Waals surface area contributed by atoms with Gasteiger partial charge < -0.3 is 5.32 Å². The van der Waals surface area contributed by atoms with Crippen molar-refractivity contribution in [3.63, 3.8) is 0 Å². The maximum atomic E-state index is 13.5. The van der Waals surface area contributed by atoms with Crippen LogP contribution in [0.15, 0.2) is 18.2 Å². The van der Waals surface area contributed by atoms with Gasteiger partial charge >= 0.3 is 0 Å². The number of hydrogen-bond acceptors (Lipinski definition) is 1. The van der Waals surface area contributed by atoms with E-state index in [4.69, 9.17) is 0 Å². The van der Waals surface area contributed by atoms with E-state index in [0.717, 1.165) is 5.92 Å². The fourth-order valence-corrected chi connectivity index (χ4v) is 2.50. The molecule has 0 aliphatic heterocycles. The molecule has 1 aromatic carbocycles. The van der Waals surface area contributed by atoms with Gasteiger partial charge in [-0.15, -0.1) is 0 Å². The lowest BCUT2D eigenvalue weighted by atomic mass is 10.0. The quantitative estimate of drug-likeness (QED) is 0.815. The van der Waals surface area contributed by atoms with Gasteiger partial charge in [0.25, 0.3) is 0 Å². The lowest BCUT2D eigenvalue weighted by Gasteiger charge is -2.20. The molecule has 0 aromatic heterocycles. The Morgan fingerprint density at radius 3 is 2.33 bits per heavy atom. The summed E-state index contributed by atoms with van der Waals surface area (Å²) in [7, 11) is 0. The van der Waals surface area contributed by atoms with Crippen LogP contribution in [0.4, 0.5) is 8.78 Å². The van der Waals surface area contributed by atoms with E-state index in [0.29, 0.717) is 12.5 Å². The van der Waals surface area contributed by atoms with Crippen LogP contribution in [0.1, 0.15) is 38.7 Å². The summed E-state index contributed by atoms with van der Waals surface area (Å²) in [6.07, 6.45) is 4.24. The lowest BCUT2D eigenvalue weighted by molar-refractivity contribution is 0.419. The predicted octanol–water partition coefficient (Wildman–Crippen LogP) is 3.67. The zero-order valence-electron chi connectivity index (χ0n) is 11.0. The van der Waals surface area contributed by atoms with Crippen LogP contribution < -0.4 is 5.32 Å². The van der Waals surface area contributed by atoms with Crippen molar-refractivity contribution in [2.24, 2.45) is 5.92 Å². The number of hydrogen-bond donors (Lipinski definition) is 1. The highest BCUT2D eigenvalue weighted by atomic mass is 19.1. The van der Waals surface area contributed by atoms with Crippen LogP contribution in [0, 0.1) is 17.6 Å². The minimum atomic E-state index is -0.446. The first-order valence-corrected chi connectivity index (χ1v) is 6.75. The molecule has 1 aromatic rings. The molecule has 18 heavy (non-hydrogen) atoms. The molecule has 0 amide bonds. The highest BCUT2D eigenvalue weighted by Crippen LogP contribution is 2.33. The average molecular weight is 253 g/mol. The normalized spacial score (nSPS) is 18.7. The van der Waals surface area contributed by atoms with Crippen molar-refractivity contribution >= 4 is 0 Å². The van der Waals surface area contributed by atoms with Crippen molar-refractivity contribution < 1.29 is 8.78 Å². The maximum Gasteiger partial charge on any atom is 0.129 e. The summed E-state index contributed by atoms with van der Waals surface area (Å²) in [6, 6.07) is 4.55. The molecule has 2 rings (SSSR count). The van der Waals surface area contributed by atoms with Gasteiger partial charge in [0.15, 0.2) is 0 Å². The molecule has 2 atom stereocenters. The van der Waals surface area contributed by atoms with Gasteiger partial charge in [-0.1, -0.05) is 18.9 Å². The van der Waals surface area contributed by atoms with E-state index in [9.17, 15) is 8.78 Å². The summed E-state index contributed by atoms with van der Waals surface area (Å²) in [5.74, 6) is -0.0260. The molecule has 1 saturated carbocycles. The molecule has 2 unspecified atom stereocenters. The third-order valence-electron chi connectivity index (χ3n) is 3.52. The molecule has 1 aliphatic carbocycles. The van der Waals surface area contributed by atoms with Gasteiger partial charge in [0, 0.05) is 17.6 Å². The van der Waals surface area contributed by atoms with E-state index in [2.05, 4.69) is 12.2 Å². The monoisotopic (exact) mass is 253 g/mol. The summed E-state index contributed by atoms with van der Waals surface area (Å²) < 4.78 is 27.0. The van der Waals surface area contributed by atoms with E-state index in [1.165, 1.54) is 37.5 Å². The van der Waals surface area contributed by atoms with E-state index in [-0.39, 0.29) is 11.6 Å². The second-order valence-electron chi connectivity index (χ2n) is 5.55. The van der Waals surface area contributed by atoms with Crippen LogP contribution >= 0.6 is 0 Å². The van der Waals surface area contributed by atoms with Crippen LogP contribution in [0.5, 0.6) is 0 Å². The topological polar surface area (TPSA) is 12.0 Å². The summed E-state index contributed by atoms with van der Waals surface area (Å²) in [5.41, 5.74) is 0.191. The summed E-state index contributed by atoms with van der Waals surface area (Å²) >= 11 is 0. The van der Waals surface area contributed by atoms with E-state index < -0.39 is 11.6 Å². The predicted molar refractivity (Wildman–Crippen MR) is 69.5 cm³/mol. The van der Waals surface area contributed by atoms with E-state index in [1.54, 1.807) is 0 Å². The molecule has 1 nitrogen and oxygen atoms in total. The van der Waals surface area contributed by atoms with Crippen LogP contribution in [0.3, 0.4) is 0 Å². The fourth-order valence-electron chi connectivity index (χ4n) is 2.50. The van der Waals surface area contributed by atoms with Crippen molar-refractivity contribution in [1.29, 1.82) is 0 Å². The molecule has 100 valence electrons. The van der Waals surface area contributed by atoms with Crippen molar-refractivity contribution in [3.05, 3.63) is 35.4 Å². The zero-order chi connectivity index (χ0) is 13.1. The molecule has 0 radical (unpaired) electrons. The van der Waals surface area contributed by atoms with Crippen molar-refractivity contribution in [1.82, 2.24) is 5.32 Å². The number of benzene rings is 1. The van der Waals surface area contributed by atoms with Crippen molar-refractivity contribution in [2.45, 2.75) is 51.6 Å². The minimum absolute atomic E-state index is 0.0881. The van der Waals surface area contributed by atoms with Crippen molar-refractivity contribution in [2.75, 3.05) is 0 Å². The van der Waals surface area contributed by atoms with Gasteiger partial charge in [-0.05, 0) is 44.7 Å². The Bertz CT molecular complexity index is 381. The Morgan fingerprint density at radius 2 is 1.78 bits per heavy atom. The lowest BCUT2D eigenvalue weighted by Crippen LogP contribution is -2.36. The second-order valence-corrected chi connectivity index (χ2v) is 5.55. The van der Waals surface area contributed by atoms with Crippen LogP contribution in [-0.4, -0.2) is 12.1 Å². The van der Waals surface area contributed by atoms with E-state index >= 15 is 0 Å². The van der Waals surface area contributed by atoms with Gasteiger partial charge in [0.05, 0.1) is 0 Å². The zero-order valence-corrected chi connectivity index (χ0v) is 11.0. The van der Waals surface area contributed by atoms with E-state index in [1.807, 2.05) is 6.92 Å². The third-order valence-corrected chi connectivity index (χ3v) is 3.52. The Balaban J connectivity index is 1.87. The second kappa shape index (κ2) is 5.79. The Kier molecular flexibility index (Phi) is 4.33. The summed E-state index contributed by atoms with van der Waals surface area (Å²) in [5, 5.41) is 3.42. The minimum Gasteiger partial charge on any atom is -0.311 e. The van der Waals surface area contributed by atoms with Crippen LogP contribution in [-0.2, 0) is 6.42 Å². The van der Waals surface area contributed by atoms with Gasteiger partial charge in [-0.25, -0.2) is 8.78 Å². The molecule has 0 heterocycles. The van der Waals surface area contributed by atoms with Gasteiger partial charge in [-0.2, -0.15) is 0 Å². The van der Waals surface area contributed by atoms with Crippen LogP contribution in [0.2, 0.25) is 0 Å². The highest BCUT2D eigenvalue weighted by Gasteiger charge is 2.24. The molecule has 0 saturated heterocycles. The van der Waals surface area contributed by atoms with Crippen LogP contribution in [0.25, 0.3) is 0 Å². The number of nitrogens with one attached hydrogen (secondary N) is 1. The standard InChI is InChI=1S/C15H21F2N/c1-10(8-12-6-7-12)18-11(2)9-13-14(16)4-3-5-15(13)17/h3-5,10-12,18H,6-9H2,1-2H3. The summed E-state index contributed by atoms with van der Waals surface area (Å²) in [4.78, 5) is 0. The number of halogens is 2. The molecule has 1 N–H and O–H groups in total. The molecule has 0 spiro atoms. The molecule has 3 heteroatoms.